The molecule has 2 aromatic carbocycles. The Hall–Kier alpha value is -4.60. The zero-order chi connectivity index (χ0) is 34.2. The number of phenolic OH excluding ortho intramolecular Hbond substituents is 1. The first-order chi connectivity index (χ1) is 21.3. The number of nitrogens with zero attached hydrogens (tertiary/aromatic N) is 2. The quantitative estimate of drug-likeness (QED) is 0.202. The van der Waals surface area contributed by atoms with Gasteiger partial charge >= 0.3 is 6.18 Å². The fourth-order valence-electron chi connectivity index (χ4n) is 6.82. The number of amides is 2. The molecule has 47 heavy (non-hydrogen) atoms. The molecule has 1 saturated carbocycles. The van der Waals surface area contributed by atoms with Gasteiger partial charge in [0.05, 0.1) is 22.9 Å². The van der Waals surface area contributed by atoms with Gasteiger partial charge in [0.25, 0.3) is 11.8 Å². The van der Waals surface area contributed by atoms with E-state index in [0.717, 1.165) is 18.2 Å². The van der Waals surface area contributed by atoms with Gasteiger partial charge in [-0.1, -0.05) is 6.07 Å². The molecule has 7 N–H and O–H groups in total. The first-order valence-electron chi connectivity index (χ1n) is 14.0. The number of aromatic hydroxyl groups is 1. The molecule has 0 saturated heterocycles. The maximum Gasteiger partial charge on any atom is 0.416 e. The van der Waals surface area contributed by atoms with Crippen LogP contribution in [0, 0.1) is 11.8 Å². The van der Waals surface area contributed by atoms with Gasteiger partial charge in [0.2, 0.25) is 5.78 Å². The second kappa shape index (κ2) is 11.9. The van der Waals surface area contributed by atoms with Gasteiger partial charge in [0, 0.05) is 36.8 Å². The molecule has 4 atom stereocenters. The normalized spacial score (nSPS) is 23.9. The smallest absolute Gasteiger partial charge is 0.416 e. The monoisotopic (exact) mass is 680 g/mol. The molecule has 1 fully saturated rings. The minimum Gasteiger partial charge on any atom is -0.508 e. The Morgan fingerprint density at radius 3 is 2.26 bits per heavy atom. The van der Waals surface area contributed by atoms with Crippen molar-refractivity contribution in [3.63, 3.8) is 0 Å². The van der Waals surface area contributed by atoms with Crippen LogP contribution < -0.4 is 16.0 Å². The summed E-state index contributed by atoms with van der Waals surface area (Å²) in [7, 11) is 6.24. The summed E-state index contributed by atoms with van der Waals surface area (Å²) < 4.78 is 39.7. The van der Waals surface area contributed by atoms with E-state index >= 15 is 0 Å². The van der Waals surface area contributed by atoms with Gasteiger partial charge < -0.3 is 36.4 Å². The van der Waals surface area contributed by atoms with Gasteiger partial charge in [0.15, 0.2) is 11.4 Å². The number of carbonyl (C=O) groups excluding carboxylic acids is 4. The lowest BCUT2D eigenvalue weighted by Crippen LogP contribution is -2.65. The van der Waals surface area contributed by atoms with Crippen molar-refractivity contribution in [1.82, 2.24) is 4.90 Å². The molecule has 0 aliphatic heterocycles. The van der Waals surface area contributed by atoms with E-state index in [1.54, 1.807) is 19.0 Å². The number of alkyl halides is 3. The number of Topliss-reactive ketones (excluding diaryl/α,β-unsaturated/α-hetero) is 2. The number of aliphatic hydroxyl groups excluding tert-OH is 2. The van der Waals surface area contributed by atoms with Gasteiger partial charge in [-0.15, -0.1) is 12.4 Å². The standard InChI is InChI=1S/C31H31F3N4O8.ClH/c1-37(2)18-11-17(36-29(45)12-6-5-7-14(8-12)31(32,33)34)23(39)20-15(18)9-13-10-16-22(38(3)4)25(41)21(28(35)44)27(43)30(16,46)26(42)19(13)24(20)40;/h5-8,11,13,16,22,39-40,43,46H,9-10H2,1-4H3,(H2,35,44)(H,36,45);1H/t13?,16?,22-,30-;/m0./s1. The summed E-state index contributed by atoms with van der Waals surface area (Å²) in [4.78, 5) is 55.5. The Labute approximate surface area is 272 Å². The summed E-state index contributed by atoms with van der Waals surface area (Å²) in [5.41, 5.74) is -0.150. The topological polar surface area (TPSA) is 194 Å². The highest BCUT2D eigenvalue weighted by molar-refractivity contribution is 6.24. The molecule has 0 aromatic heterocycles. The number of nitrogens with two attached hydrogens (primary N) is 1. The molecular formula is C31H32ClF3N4O8. The summed E-state index contributed by atoms with van der Waals surface area (Å²) >= 11 is 0. The van der Waals surface area contributed by atoms with Gasteiger partial charge in [0.1, 0.15) is 22.8 Å². The number of primary amides is 1. The average molecular weight is 681 g/mol. The number of fused-ring (bicyclic) bond motifs is 3. The van der Waals surface area contributed by atoms with E-state index < -0.39 is 87.0 Å². The summed E-state index contributed by atoms with van der Waals surface area (Å²) in [5, 5.41) is 48.0. The van der Waals surface area contributed by atoms with Crippen LogP contribution in [0.4, 0.5) is 24.5 Å². The van der Waals surface area contributed by atoms with Crippen molar-refractivity contribution in [2.45, 2.75) is 30.7 Å². The van der Waals surface area contributed by atoms with Crippen LogP contribution >= 0.6 is 12.4 Å². The Morgan fingerprint density at radius 1 is 1.06 bits per heavy atom. The number of rotatable bonds is 5. The molecule has 0 heterocycles. The molecule has 2 amide bonds. The van der Waals surface area contributed by atoms with Gasteiger partial charge in [-0.05, 0) is 62.7 Å². The van der Waals surface area contributed by atoms with Gasteiger partial charge in [-0.25, -0.2) is 0 Å². The Morgan fingerprint density at radius 2 is 1.70 bits per heavy atom. The second-order valence-corrected chi connectivity index (χ2v) is 12.0. The number of phenols is 1. The first kappa shape index (κ1) is 35.3. The van der Waals surface area contributed by atoms with Crippen molar-refractivity contribution in [3.05, 3.63) is 69.5 Å². The first-order valence-corrected chi connectivity index (χ1v) is 14.0. The zero-order valence-corrected chi connectivity index (χ0v) is 26.3. The number of hydrogen-bond acceptors (Lipinski definition) is 10. The van der Waals surface area contributed by atoms with Crippen molar-refractivity contribution < 1.29 is 52.8 Å². The molecule has 3 aliphatic rings. The van der Waals surface area contributed by atoms with Crippen LogP contribution in [0.2, 0.25) is 0 Å². The van der Waals surface area contributed by atoms with Gasteiger partial charge in [-0.3, -0.25) is 24.1 Å². The number of halogens is 4. The third-order valence-corrected chi connectivity index (χ3v) is 8.88. The molecule has 16 heteroatoms. The van der Waals surface area contributed by atoms with Crippen molar-refractivity contribution in [1.29, 1.82) is 0 Å². The number of carbonyl (C=O) groups is 4. The Balaban J connectivity index is 0.00000500. The van der Waals surface area contributed by atoms with E-state index in [0.29, 0.717) is 17.3 Å². The third-order valence-electron chi connectivity index (χ3n) is 8.88. The van der Waals surface area contributed by atoms with Crippen LogP contribution in [0.5, 0.6) is 5.75 Å². The summed E-state index contributed by atoms with van der Waals surface area (Å²) in [5.74, 6) is -9.27. The van der Waals surface area contributed by atoms with E-state index in [1.807, 2.05) is 0 Å². The third kappa shape index (κ3) is 5.37. The van der Waals surface area contributed by atoms with Crippen LogP contribution in [-0.2, 0) is 27.0 Å². The SMILES string of the molecule is CN(C)c1cc(NC(=O)c2cccc(C(F)(F)F)c2)c(O)c2c1CC1CC3[C@H](N(C)C)C(=O)C(C(N)=O)=C(O)[C@@]3(O)C(=O)C1=C2O.Cl. The highest BCUT2D eigenvalue weighted by atomic mass is 35.5. The molecule has 12 nitrogen and oxygen atoms in total. The molecule has 3 aliphatic carbocycles. The molecule has 0 bridgehead atoms. The van der Waals surface area contributed by atoms with E-state index in [2.05, 4.69) is 5.32 Å². The molecular weight excluding hydrogens is 649 g/mol. The van der Waals surface area contributed by atoms with Crippen molar-refractivity contribution in [2.24, 2.45) is 17.6 Å². The fraction of sp³-hybridized carbons (Fsp3) is 0.355. The lowest BCUT2D eigenvalue weighted by Gasteiger charge is -2.50. The highest BCUT2D eigenvalue weighted by Gasteiger charge is 2.64. The number of hydrogen-bond donors (Lipinski definition) is 6. The van der Waals surface area contributed by atoms with Crippen molar-refractivity contribution in [3.8, 4) is 5.75 Å². The predicted molar refractivity (Wildman–Crippen MR) is 165 cm³/mol. The van der Waals surface area contributed by atoms with E-state index in [1.165, 1.54) is 25.1 Å². The molecule has 2 unspecified atom stereocenters. The Bertz CT molecular complexity index is 1790. The number of benzene rings is 2. The van der Waals surface area contributed by atoms with E-state index in [-0.39, 0.29) is 42.1 Å². The average Bonchev–Trinajstić information content (AvgIpc) is 2.95. The lowest BCUT2D eigenvalue weighted by molar-refractivity contribution is -0.153. The fourth-order valence-corrected chi connectivity index (χ4v) is 6.82. The highest BCUT2D eigenvalue weighted by Crippen LogP contribution is 2.54. The maximum absolute atomic E-state index is 14.1. The van der Waals surface area contributed by atoms with Crippen LogP contribution in [0.25, 0.3) is 5.76 Å². The van der Waals surface area contributed by atoms with Gasteiger partial charge in [-0.2, -0.15) is 13.2 Å². The summed E-state index contributed by atoms with van der Waals surface area (Å²) in [6.07, 6.45) is -4.84. The second-order valence-electron chi connectivity index (χ2n) is 12.0. The Kier molecular flexibility index (Phi) is 8.92. The predicted octanol–water partition coefficient (Wildman–Crippen LogP) is 2.72. The number of likely N-dealkylation sites (N-methyl/N-ethyl adjacent to an activating group) is 1. The lowest BCUT2D eigenvalue weighted by atomic mass is 9.57. The largest absolute Gasteiger partial charge is 0.508 e. The van der Waals surface area contributed by atoms with Crippen LogP contribution in [0.1, 0.15) is 33.5 Å². The summed E-state index contributed by atoms with van der Waals surface area (Å²) in [6.45, 7) is 0. The molecule has 252 valence electrons. The molecule has 0 radical (unpaired) electrons. The van der Waals surface area contributed by atoms with Crippen LogP contribution in [0.15, 0.2) is 47.2 Å². The minimum atomic E-state index is -4.72. The molecule has 0 spiro atoms. The zero-order valence-electron chi connectivity index (χ0n) is 25.5. The maximum atomic E-state index is 14.1. The van der Waals surface area contributed by atoms with Crippen LogP contribution in [-0.4, -0.2) is 88.5 Å². The van der Waals surface area contributed by atoms with Crippen LogP contribution in [0.3, 0.4) is 0 Å². The molecule has 2 aromatic rings. The number of nitrogens with one attached hydrogen (secondary N) is 1. The van der Waals surface area contributed by atoms with Crippen molar-refractivity contribution >= 4 is 52.9 Å². The number of anilines is 2. The molecule has 5 rings (SSSR count). The minimum absolute atomic E-state index is 0. The van der Waals surface area contributed by atoms with Crippen molar-refractivity contribution in [2.75, 3.05) is 38.4 Å². The van der Waals surface area contributed by atoms with E-state index in [4.69, 9.17) is 5.73 Å². The summed E-state index contributed by atoms with van der Waals surface area (Å²) in [6, 6.07) is 3.74. The number of ketones is 2. The number of aliphatic hydroxyl groups is 3. The van der Waals surface area contributed by atoms with E-state index in [9.17, 15) is 52.8 Å².